The summed E-state index contributed by atoms with van der Waals surface area (Å²) >= 11 is 0. The van der Waals surface area contributed by atoms with Crippen molar-refractivity contribution in [1.82, 2.24) is 14.8 Å². The number of ether oxygens (including phenoxy) is 2. The molecule has 5 aliphatic heterocycles. The molecule has 0 radical (unpaired) electrons. The van der Waals surface area contributed by atoms with Gasteiger partial charge in [0.25, 0.3) is 5.88 Å². The summed E-state index contributed by atoms with van der Waals surface area (Å²) in [4.78, 5) is 29.5. The van der Waals surface area contributed by atoms with Crippen LogP contribution in [0.2, 0.25) is 0 Å². The van der Waals surface area contributed by atoms with Crippen molar-refractivity contribution < 1.29 is 14.3 Å². The minimum Gasteiger partial charge on any atom is -0.484 e. The van der Waals surface area contributed by atoms with E-state index in [1.165, 1.54) is 41.4 Å². The summed E-state index contributed by atoms with van der Waals surface area (Å²) in [6.07, 6.45) is 6.96. The van der Waals surface area contributed by atoms with Crippen LogP contribution in [0.25, 0.3) is 0 Å². The standard InChI is InChI=1S/C33H44N6O3/c1-5-30(40)38-18-24-21-41-32-31(39(24)17-22(38)2)25-13-16-37(29-12-6-11-28-26(29)10-8-15-36(28)4)19-27(25)34-33(32)42-20-23-9-7-14-35(23)3/h5-6,11-12,22-24H,1,7-10,13-21H2,2-4H3/t22-,23+,24-/m1/s1. The maximum absolute atomic E-state index is 12.6. The van der Waals surface area contributed by atoms with Crippen LogP contribution in [0.4, 0.5) is 17.1 Å². The zero-order chi connectivity index (χ0) is 29.0. The zero-order valence-electron chi connectivity index (χ0n) is 25.3. The Morgan fingerprint density at radius 2 is 1.98 bits per heavy atom. The number of benzene rings is 1. The first-order valence-electron chi connectivity index (χ1n) is 15.7. The molecular formula is C33H44N6O3. The number of nitrogens with zero attached hydrogens (tertiary/aromatic N) is 6. The van der Waals surface area contributed by atoms with Gasteiger partial charge in [0.1, 0.15) is 13.2 Å². The Kier molecular flexibility index (Phi) is 7.16. The van der Waals surface area contributed by atoms with Crippen LogP contribution in [-0.2, 0) is 24.2 Å². The molecule has 2 fully saturated rings. The van der Waals surface area contributed by atoms with Gasteiger partial charge >= 0.3 is 0 Å². The summed E-state index contributed by atoms with van der Waals surface area (Å²) in [6.45, 7) is 12.3. The first-order valence-corrected chi connectivity index (χ1v) is 15.7. The highest BCUT2D eigenvalue weighted by Gasteiger charge is 2.42. The third kappa shape index (κ3) is 4.66. The minimum absolute atomic E-state index is 0.0121. The fourth-order valence-electron chi connectivity index (χ4n) is 7.76. The number of aromatic nitrogens is 1. The molecule has 1 aromatic heterocycles. The molecule has 0 N–H and O–H groups in total. The molecule has 0 unspecified atom stereocenters. The van der Waals surface area contributed by atoms with Crippen LogP contribution in [-0.4, -0.2) is 98.8 Å². The predicted molar refractivity (Wildman–Crippen MR) is 166 cm³/mol. The molecule has 5 aliphatic rings. The van der Waals surface area contributed by atoms with Gasteiger partial charge in [-0.15, -0.1) is 0 Å². The number of anilines is 3. The van der Waals surface area contributed by atoms with Crippen LogP contribution >= 0.6 is 0 Å². The van der Waals surface area contributed by atoms with Gasteiger partial charge in [-0.2, -0.15) is 0 Å². The van der Waals surface area contributed by atoms with E-state index in [9.17, 15) is 4.79 Å². The van der Waals surface area contributed by atoms with Gasteiger partial charge in [-0.3, -0.25) is 4.79 Å². The molecule has 9 nitrogen and oxygen atoms in total. The zero-order valence-corrected chi connectivity index (χ0v) is 25.3. The van der Waals surface area contributed by atoms with Crippen molar-refractivity contribution in [3.05, 3.63) is 47.7 Å². The van der Waals surface area contributed by atoms with Crippen molar-refractivity contribution >= 4 is 23.0 Å². The van der Waals surface area contributed by atoms with E-state index >= 15 is 0 Å². The number of fused-ring (bicyclic) bond motifs is 6. The average molecular weight is 573 g/mol. The van der Waals surface area contributed by atoms with E-state index in [0.29, 0.717) is 31.7 Å². The quantitative estimate of drug-likeness (QED) is 0.505. The van der Waals surface area contributed by atoms with Crippen molar-refractivity contribution in [2.24, 2.45) is 0 Å². The Labute approximate surface area is 249 Å². The summed E-state index contributed by atoms with van der Waals surface area (Å²) in [6, 6.07) is 7.30. The van der Waals surface area contributed by atoms with Crippen molar-refractivity contribution in [3.63, 3.8) is 0 Å². The second kappa shape index (κ2) is 11.0. The second-order valence-corrected chi connectivity index (χ2v) is 12.7. The minimum atomic E-state index is -0.0121. The summed E-state index contributed by atoms with van der Waals surface area (Å²) < 4.78 is 13.0. The lowest BCUT2D eigenvalue weighted by atomic mass is 9.95. The first kappa shape index (κ1) is 27.4. The number of carbonyl (C=O) groups is 1. The number of hydrogen-bond donors (Lipinski definition) is 0. The topological polar surface area (TPSA) is 64.6 Å². The van der Waals surface area contributed by atoms with Crippen LogP contribution in [0.1, 0.15) is 43.0 Å². The van der Waals surface area contributed by atoms with Crippen LogP contribution in [0.15, 0.2) is 30.9 Å². The van der Waals surface area contributed by atoms with Gasteiger partial charge < -0.3 is 34.0 Å². The third-order valence-electron chi connectivity index (χ3n) is 10.1. The highest BCUT2D eigenvalue weighted by molar-refractivity contribution is 5.87. The molecule has 224 valence electrons. The normalized spacial score (nSPS) is 25.3. The lowest BCUT2D eigenvalue weighted by Gasteiger charge is -2.49. The maximum atomic E-state index is 12.6. The molecule has 0 bridgehead atoms. The number of hydrogen-bond acceptors (Lipinski definition) is 8. The van der Waals surface area contributed by atoms with Gasteiger partial charge in [-0.05, 0) is 76.4 Å². The van der Waals surface area contributed by atoms with Gasteiger partial charge in [0.2, 0.25) is 11.7 Å². The summed E-state index contributed by atoms with van der Waals surface area (Å²) in [5, 5.41) is 0. The van der Waals surface area contributed by atoms with E-state index in [1.807, 2.05) is 4.90 Å². The Hall–Kier alpha value is -3.46. The van der Waals surface area contributed by atoms with E-state index in [4.69, 9.17) is 14.5 Å². The third-order valence-corrected chi connectivity index (χ3v) is 10.1. The summed E-state index contributed by atoms with van der Waals surface area (Å²) in [5.41, 5.74) is 7.63. The van der Waals surface area contributed by atoms with Crippen molar-refractivity contribution in [2.75, 3.05) is 74.7 Å². The highest BCUT2D eigenvalue weighted by Crippen LogP contribution is 2.47. The first-order chi connectivity index (χ1) is 20.4. The fraction of sp³-hybridized carbons (Fsp3) is 0.576. The smallest absolute Gasteiger partial charge is 0.259 e. The van der Waals surface area contributed by atoms with E-state index in [2.05, 4.69) is 65.4 Å². The number of rotatable bonds is 5. The van der Waals surface area contributed by atoms with Gasteiger partial charge in [0.15, 0.2) is 0 Å². The summed E-state index contributed by atoms with van der Waals surface area (Å²) in [5.74, 6) is 1.40. The molecule has 3 atom stereocenters. The molecule has 2 aromatic rings. The van der Waals surface area contributed by atoms with E-state index < -0.39 is 0 Å². The Bertz CT molecular complexity index is 1380. The highest BCUT2D eigenvalue weighted by atomic mass is 16.5. The lowest BCUT2D eigenvalue weighted by molar-refractivity contribution is -0.129. The molecular weight excluding hydrogens is 528 g/mol. The monoisotopic (exact) mass is 572 g/mol. The van der Waals surface area contributed by atoms with Crippen LogP contribution in [0.5, 0.6) is 11.6 Å². The van der Waals surface area contributed by atoms with Crippen LogP contribution in [0.3, 0.4) is 0 Å². The van der Waals surface area contributed by atoms with E-state index in [0.717, 1.165) is 69.1 Å². The number of piperazine rings is 1. The molecule has 2 saturated heterocycles. The van der Waals surface area contributed by atoms with Gasteiger partial charge in [-0.1, -0.05) is 12.6 Å². The van der Waals surface area contributed by atoms with Crippen LogP contribution in [0, 0.1) is 0 Å². The average Bonchev–Trinajstić information content (AvgIpc) is 3.42. The largest absolute Gasteiger partial charge is 0.484 e. The Balaban J connectivity index is 1.25. The van der Waals surface area contributed by atoms with Gasteiger partial charge in [0.05, 0.1) is 24.0 Å². The molecule has 42 heavy (non-hydrogen) atoms. The molecule has 0 saturated carbocycles. The molecule has 0 aliphatic carbocycles. The molecule has 1 amide bonds. The van der Waals surface area contributed by atoms with Gasteiger partial charge in [0, 0.05) is 62.2 Å². The molecule has 1 aromatic carbocycles. The Morgan fingerprint density at radius 1 is 1.12 bits per heavy atom. The lowest BCUT2D eigenvalue weighted by Crippen LogP contribution is -2.62. The molecule has 9 heteroatoms. The number of amides is 1. The summed E-state index contributed by atoms with van der Waals surface area (Å²) in [7, 11) is 4.38. The molecule has 6 heterocycles. The van der Waals surface area contributed by atoms with Crippen LogP contribution < -0.4 is 24.2 Å². The fourth-order valence-corrected chi connectivity index (χ4v) is 7.76. The number of pyridine rings is 1. The molecule has 7 rings (SSSR count). The second-order valence-electron chi connectivity index (χ2n) is 12.7. The number of likely N-dealkylation sites (N-methyl/N-ethyl adjacent to an activating group) is 1. The predicted octanol–water partition coefficient (Wildman–Crippen LogP) is 3.48. The van der Waals surface area contributed by atoms with Crippen molar-refractivity contribution in [3.8, 4) is 11.6 Å². The number of likely N-dealkylation sites (tertiary alicyclic amines) is 1. The van der Waals surface area contributed by atoms with E-state index in [1.54, 1.807) is 0 Å². The van der Waals surface area contributed by atoms with Gasteiger partial charge in [-0.25, -0.2) is 4.98 Å². The Morgan fingerprint density at radius 3 is 2.79 bits per heavy atom. The SMILES string of the molecule is C=CC(=O)N1C[C@@H]2COc3c(OC[C@@H]4CCCN4C)nc4c(c3N2C[C@H]1C)CCN(c1cccc2c1CCCN2C)C4. The van der Waals surface area contributed by atoms with E-state index in [-0.39, 0.29) is 18.0 Å². The molecule has 0 spiro atoms. The van der Waals surface area contributed by atoms with Crippen molar-refractivity contribution in [2.45, 2.75) is 63.7 Å². The van der Waals surface area contributed by atoms with Crippen molar-refractivity contribution in [1.29, 1.82) is 0 Å². The number of carbonyl (C=O) groups excluding carboxylic acids is 1. The maximum Gasteiger partial charge on any atom is 0.259 e.